The first kappa shape index (κ1) is 26.4. The number of nitrogens with zero attached hydrogens (tertiary/aromatic N) is 3. The van der Waals surface area contributed by atoms with Gasteiger partial charge >= 0.3 is 0 Å². The van der Waals surface area contributed by atoms with E-state index in [2.05, 4.69) is 24.2 Å². The second-order valence-corrected chi connectivity index (χ2v) is 13.8. The molecule has 6 nitrogen and oxygen atoms in total. The summed E-state index contributed by atoms with van der Waals surface area (Å²) >= 11 is 0. The maximum Gasteiger partial charge on any atom is 0.157 e. The minimum atomic E-state index is -0.336. The smallest absolute Gasteiger partial charge is 0.157 e. The number of aryl methyl sites for hydroxylation is 1. The summed E-state index contributed by atoms with van der Waals surface area (Å²) in [4.78, 5) is 13.9. The second kappa shape index (κ2) is 9.36. The zero-order chi connectivity index (χ0) is 26.9. The topological polar surface area (TPSA) is 83.0 Å². The first-order chi connectivity index (χ1) is 18.1. The van der Waals surface area contributed by atoms with Gasteiger partial charge < -0.3 is 10.5 Å². The average molecular weight is 525 g/mol. The first-order valence-corrected chi connectivity index (χ1v) is 14.9. The van der Waals surface area contributed by atoms with E-state index in [1.54, 1.807) is 19.1 Å². The number of ketones is 1. The van der Waals surface area contributed by atoms with Crippen LogP contribution in [0.5, 0.6) is 0 Å². The highest BCUT2D eigenvalue weighted by Crippen LogP contribution is 2.69. The number of carbonyl (C=O) groups is 1. The normalized spacial score (nSPS) is 40.5. The molecule has 4 aliphatic carbocycles. The molecule has 4 fully saturated rings. The minimum absolute atomic E-state index is 0.0694. The third-order valence-electron chi connectivity index (χ3n) is 12.1. The Morgan fingerprint density at radius 2 is 1.97 bits per heavy atom. The van der Waals surface area contributed by atoms with Gasteiger partial charge in [-0.25, -0.2) is 9.07 Å². The molecular formula is C31H45FN4O2. The molecule has 208 valence electrons. The van der Waals surface area contributed by atoms with Crippen molar-refractivity contribution in [3.63, 3.8) is 0 Å². The molecule has 7 heteroatoms. The molecule has 1 heterocycles. The van der Waals surface area contributed by atoms with Gasteiger partial charge in [-0.05, 0) is 111 Å². The Morgan fingerprint density at radius 3 is 2.76 bits per heavy atom. The molecule has 4 saturated carbocycles. The van der Waals surface area contributed by atoms with E-state index in [0.29, 0.717) is 28.4 Å². The summed E-state index contributed by atoms with van der Waals surface area (Å²) in [7, 11) is 1.83. The Morgan fingerprint density at radius 1 is 1.16 bits per heavy atom. The number of ether oxygens (including phenoxy) is 1. The molecule has 4 aliphatic rings. The maximum atomic E-state index is 14.9. The zero-order valence-electron chi connectivity index (χ0n) is 23.6. The number of halogens is 1. The highest BCUT2D eigenvalue weighted by Gasteiger charge is 2.67. The fourth-order valence-corrected chi connectivity index (χ4v) is 10.3. The van der Waals surface area contributed by atoms with Crippen LogP contribution in [-0.4, -0.2) is 40.0 Å². The van der Waals surface area contributed by atoms with Crippen LogP contribution < -0.4 is 5.73 Å². The molecule has 8 atom stereocenters. The van der Waals surface area contributed by atoms with E-state index in [1.165, 1.54) is 30.4 Å². The first-order valence-electron chi connectivity index (χ1n) is 14.9. The minimum Gasteiger partial charge on any atom is -0.385 e. The molecule has 0 bridgehead atoms. The third-order valence-corrected chi connectivity index (χ3v) is 12.1. The van der Waals surface area contributed by atoms with Crippen molar-refractivity contribution in [2.45, 2.75) is 97.1 Å². The fraction of sp³-hybridized carbons (Fsp3) is 0.774. The van der Waals surface area contributed by atoms with E-state index >= 15 is 0 Å². The Balaban J connectivity index is 1.28. The number of methoxy groups -OCH3 is 1. The van der Waals surface area contributed by atoms with Crippen LogP contribution in [-0.2, 0) is 16.1 Å². The largest absolute Gasteiger partial charge is 0.385 e. The van der Waals surface area contributed by atoms with Gasteiger partial charge in [-0.15, -0.1) is 5.10 Å². The Kier molecular flexibility index (Phi) is 6.50. The van der Waals surface area contributed by atoms with E-state index in [1.807, 2.05) is 7.11 Å². The van der Waals surface area contributed by atoms with Crippen molar-refractivity contribution in [3.05, 3.63) is 23.5 Å². The predicted molar refractivity (Wildman–Crippen MR) is 146 cm³/mol. The summed E-state index contributed by atoms with van der Waals surface area (Å²) in [5, 5.41) is 8.30. The van der Waals surface area contributed by atoms with Gasteiger partial charge in [-0.2, -0.15) is 0 Å². The molecule has 0 amide bonds. The van der Waals surface area contributed by atoms with Crippen molar-refractivity contribution in [1.82, 2.24) is 15.0 Å². The third kappa shape index (κ3) is 3.74. The van der Waals surface area contributed by atoms with E-state index in [9.17, 15) is 9.18 Å². The SMILES string of the molecule is COCC[C@]12CC[C@H](C)CC1CC[C@]1(N)C2CC[C@@]2(C)C1CC[C@@H]2C(=O)Cn1nnc2ccc(C)c(F)c21. The Bertz CT molecular complexity index is 1230. The van der Waals surface area contributed by atoms with Gasteiger partial charge in [0.15, 0.2) is 11.6 Å². The van der Waals surface area contributed by atoms with E-state index < -0.39 is 0 Å². The summed E-state index contributed by atoms with van der Waals surface area (Å²) in [6.45, 7) is 7.36. The summed E-state index contributed by atoms with van der Waals surface area (Å²) in [5.41, 5.74) is 8.91. The van der Waals surface area contributed by atoms with Crippen LogP contribution in [0.4, 0.5) is 4.39 Å². The van der Waals surface area contributed by atoms with Crippen molar-refractivity contribution < 1.29 is 13.9 Å². The molecule has 38 heavy (non-hydrogen) atoms. The number of Topliss-reactive ketones (excluding diaryl/α,β-unsaturated/α-hetero) is 1. The van der Waals surface area contributed by atoms with Crippen molar-refractivity contribution in [2.24, 2.45) is 46.2 Å². The van der Waals surface area contributed by atoms with Crippen LogP contribution in [0.25, 0.3) is 11.0 Å². The molecule has 0 aliphatic heterocycles. The van der Waals surface area contributed by atoms with E-state index in [-0.39, 0.29) is 40.4 Å². The second-order valence-electron chi connectivity index (χ2n) is 13.8. The van der Waals surface area contributed by atoms with Gasteiger partial charge in [-0.1, -0.05) is 31.5 Å². The monoisotopic (exact) mass is 524 g/mol. The highest BCUT2D eigenvalue weighted by molar-refractivity contribution is 5.84. The Labute approximate surface area is 226 Å². The number of rotatable bonds is 6. The summed E-state index contributed by atoms with van der Waals surface area (Å²) in [6, 6.07) is 3.48. The molecule has 1 aromatic heterocycles. The maximum absolute atomic E-state index is 14.9. The number of benzene rings is 1. The molecule has 2 aromatic rings. The molecule has 1 aromatic carbocycles. The standard InChI is InChI=1S/C31H45FN4O2/c1-19-9-13-30(15-16-38-4)21(17-19)10-14-31(33)25-8-6-22(29(25,3)12-11-26(30)31)24(37)18-36-28-23(34-35-36)7-5-20(2)27(28)32/h5,7,19,21-22,25-26H,6,8-18,33H2,1-4H3/t19-,21?,22+,25?,26?,29+,30+,31+/m0/s1. The van der Waals surface area contributed by atoms with Crippen molar-refractivity contribution >= 4 is 16.8 Å². The zero-order valence-corrected chi connectivity index (χ0v) is 23.6. The highest BCUT2D eigenvalue weighted by atomic mass is 19.1. The number of hydrogen-bond acceptors (Lipinski definition) is 5. The lowest BCUT2D eigenvalue weighted by molar-refractivity contribution is -0.153. The van der Waals surface area contributed by atoms with Crippen LogP contribution in [0.15, 0.2) is 12.1 Å². The molecule has 3 unspecified atom stereocenters. The van der Waals surface area contributed by atoms with Gasteiger partial charge in [-0.3, -0.25) is 4.79 Å². The van der Waals surface area contributed by atoms with Crippen LogP contribution in [0, 0.1) is 53.2 Å². The molecule has 0 spiro atoms. The van der Waals surface area contributed by atoms with Gasteiger partial charge in [0.1, 0.15) is 17.6 Å². The lowest BCUT2D eigenvalue weighted by Crippen LogP contribution is -2.68. The number of aromatic nitrogens is 3. The summed E-state index contributed by atoms with van der Waals surface area (Å²) < 4.78 is 22.1. The quantitative estimate of drug-likeness (QED) is 0.513. The molecule has 0 saturated heterocycles. The van der Waals surface area contributed by atoms with Crippen LogP contribution in [0.1, 0.15) is 83.6 Å². The van der Waals surface area contributed by atoms with Crippen LogP contribution in [0.3, 0.4) is 0 Å². The van der Waals surface area contributed by atoms with Crippen LogP contribution >= 0.6 is 0 Å². The predicted octanol–water partition coefficient (Wildman–Crippen LogP) is 5.84. The van der Waals surface area contributed by atoms with E-state index in [4.69, 9.17) is 10.5 Å². The van der Waals surface area contributed by atoms with Gasteiger partial charge in [0.25, 0.3) is 0 Å². The average Bonchev–Trinajstić information content (AvgIpc) is 3.46. The lowest BCUT2D eigenvalue weighted by Gasteiger charge is -2.66. The fourth-order valence-electron chi connectivity index (χ4n) is 10.3. The number of carbonyl (C=O) groups excluding carboxylic acids is 1. The number of nitrogens with two attached hydrogens (primary N) is 1. The van der Waals surface area contributed by atoms with Gasteiger partial charge in [0.05, 0.1) is 0 Å². The molecular weight excluding hydrogens is 479 g/mol. The molecule has 0 radical (unpaired) electrons. The van der Waals surface area contributed by atoms with E-state index in [0.717, 1.165) is 57.0 Å². The summed E-state index contributed by atoms with van der Waals surface area (Å²) in [6.07, 6.45) is 11.3. The van der Waals surface area contributed by atoms with Crippen LogP contribution in [0.2, 0.25) is 0 Å². The van der Waals surface area contributed by atoms with Gasteiger partial charge in [0, 0.05) is 25.2 Å². The lowest BCUT2D eigenvalue weighted by atomic mass is 9.40. The van der Waals surface area contributed by atoms with Crippen molar-refractivity contribution in [1.29, 1.82) is 0 Å². The Hall–Kier alpha value is -1.86. The number of fused-ring (bicyclic) bond motifs is 6. The van der Waals surface area contributed by atoms with Gasteiger partial charge in [0.2, 0.25) is 0 Å². The van der Waals surface area contributed by atoms with Crippen molar-refractivity contribution in [2.75, 3.05) is 13.7 Å². The summed E-state index contributed by atoms with van der Waals surface area (Å²) in [5.74, 6) is 2.12. The van der Waals surface area contributed by atoms with Crippen molar-refractivity contribution in [3.8, 4) is 0 Å². The molecule has 2 N–H and O–H groups in total. The number of hydrogen-bond donors (Lipinski definition) is 1. The molecule has 6 rings (SSSR count).